The van der Waals surface area contributed by atoms with E-state index in [0.717, 1.165) is 54.8 Å². The second-order valence-electron chi connectivity index (χ2n) is 12.9. The van der Waals surface area contributed by atoms with Crippen LogP contribution in [0.4, 0.5) is 0 Å². The van der Waals surface area contributed by atoms with Crippen molar-refractivity contribution in [3.8, 4) is 0 Å². The van der Waals surface area contributed by atoms with Gasteiger partial charge < -0.3 is 4.74 Å². The molecule has 0 saturated heterocycles. The second-order valence-corrected chi connectivity index (χ2v) is 14.0. The van der Waals surface area contributed by atoms with Gasteiger partial charge in [0.05, 0.1) is 0 Å². The number of allylic oxidation sites excluding steroid dienone is 1. The second kappa shape index (κ2) is 10.0. The molecule has 0 unspecified atom stereocenters. The summed E-state index contributed by atoms with van der Waals surface area (Å²) in [7, 11) is 0. The first-order valence-electron chi connectivity index (χ1n) is 13.7. The van der Waals surface area contributed by atoms with Crippen molar-refractivity contribution in [2.75, 3.05) is 0 Å². The fourth-order valence-corrected chi connectivity index (χ4v) is 9.07. The van der Waals surface area contributed by atoms with Crippen LogP contribution in [0.15, 0.2) is 11.6 Å². The van der Waals surface area contributed by atoms with Gasteiger partial charge in [0, 0.05) is 6.42 Å². The summed E-state index contributed by atoms with van der Waals surface area (Å²) in [6, 6.07) is 0. The number of rotatable bonds is 7. The van der Waals surface area contributed by atoms with E-state index >= 15 is 0 Å². The van der Waals surface area contributed by atoms with Crippen molar-refractivity contribution >= 4 is 29.2 Å². The van der Waals surface area contributed by atoms with Crippen molar-refractivity contribution in [3.05, 3.63) is 11.6 Å². The highest BCUT2D eigenvalue weighted by Crippen LogP contribution is 2.67. The maximum Gasteiger partial charge on any atom is 0.339 e. The molecule has 4 aliphatic carbocycles. The Morgan fingerprint density at radius 1 is 1.06 bits per heavy atom. The molecule has 8 atom stereocenters. The molecule has 0 aliphatic heterocycles. The molecule has 0 amide bonds. The van der Waals surface area contributed by atoms with Crippen LogP contribution >= 0.6 is 23.2 Å². The molecule has 33 heavy (non-hydrogen) atoms. The molecule has 0 N–H and O–H groups in total. The number of esters is 1. The lowest BCUT2D eigenvalue weighted by molar-refractivity contribution is -0.149. The Labute approximate surface area is 212 Å². The highest BCUT2D eigenvalue weighted by Gasteiger charge is 2.59. The van der Waals surface area contributed by atoms with Crippen LogP contribution in [0.3, 0.4) is 0 Å². The fraction of sp³-hybridized carbons (Fsp3) is 0.897. The first kappa shape index (κ1) is 25.9. The summed E-state index contributed by atoms with van der Waals surface area (Å²) in [6.45, 7) is 12.4. The van der Waals surface area contributed by atoms with E-state index in [1.54, 1.807) is 0 Å². The number of hydrogen-bond acceptors (Lipinski definition) is 2. The topological polar surface area (TPSA) is 26.3 Å². The highest BCUT2D eigenvalue weighted by molar-refractivity contribution is 6.52. The summed E-state index contributed by atoms with van der Waals surface area (Å²) in [5, 5.41) is 0. The SMILES string of the molecule is CC(C)CCC[C@@H](C)[C@@H]1CC[C@@H]2[C@H]3CC=C4C[C@@H](OC(=O)C(Cl)Cl)CC[C@]4(C)[C@@H]3CC[C@]21C. The van der Waals surface area contributed by atoms with Gasteiger partial charge in [0.15, 0.2) is 0 Å². The van der Waals surface area contributed by atoms with Crippen LogP contribution in [-0.2, 0) is 9.53 Å². The van der Waals surface area contributed by atoms with Crippen molar-refractivity contribution in [2.45, 2.75) is 116 Å². The molecule has 4 heteroatoms. The third kappa shape index (κ3) is 4.91. The number of alkyl halides is 2. The first-order valence-corrected chi connectivity index (χ1v) is 14.6. The molecule has 188 valence electrons. The molecule has 3 saturated carbocycles. The van der Waals surface area contributed by atoms with Crippen molar-refractivity contribution in [2.24, 2.45) is 46.3 Å². The maximum atomic E-state index is 11.9. The number of carbonyl (C=O) groups is 1. The lowest BCUT2D eigenvalue weighted by Gasteiger charge is -2.58. The zero-order chi connectivity index (χ0) is 24.0. The van der Waals surface area contributed by atoms with Gasteiger partial charge in [-0.15, -0.1) is 0 Å². The van der Waals surface area contributed by atoms with Gasteiger partial charge in [-0.25, -0.2) is 4.79 Å². The third-order valence-corrected chi connectivity index (χ3v) is 11.1. The molecular formula is C29H46Cl2O2. The van der Waals surface area contributed by atoms with E-state index in [1.807, 2.05) is 0 Å². The number of fused-ring (bicyclic) bond motifs is 5. The van der Waals surface area contributed by atoms with E-state index < -0.39 is 10.8 Å². The summed E-state index contributed by atoms with van der Waals surface area (Å²) in [5.74, 6) is 4.60. The Bertz CT molecular complexity index is 746. The van der Waals surface area contributed by atoms with E-state index in [9.17, 15) is 4.79 Å². The molecule has 0 radical (unpaired) electrons. The van der Waals surface area contributed by atoms with Crippen LogP contribution in [0.25, 0.3) is 0 Å². The van der Waals surface area contributed by atoms with Crippen LogP contribution in [0.5, 0.6) is 0 Å². The molecule has 4 rings (SSSR count). The molecule has 0 aromatic carbocycles. The molecule has 0 spiro atoms. The Kier molecular flexibility index (Phi) is 7.87. The van der Waals surface area contributed by atoms with E-state index in [4.69, 9.17) is 27.9 Å². The van der Waals surface area contributed by atoms with Gasteiger partial charge in [-0.2, -0.15) is 0 Å². The molecule has 2 nitrogen and oxygen atoms in total. The molecule has 0 aromatic heterocycles. The quantitative estimate of drug-likeness (QED) is 0.200. The molecule has 4 aliphatic rings. The average molecular weight is 498 g/mol. The molecule has 0 bridgehead atoms. The van der Waals surface area contributed by atoms with Crippen LogP contribution in [0, 0.1) is 46.3 Å². The van der Waals surface area contributed by atoms with Gasteiger partial charge in [0.25, 0.3) is 0 Å². The van der Waals surface area contributed by atoms with Crippen LogP contribution in [0.2, 0.25) is 0 Å². The van der Waals surface area contributed by atoms with Gasteiger partial charge in [0.2, 0.25) is 4.84 Å². The van der Waals surface area contributed by atoms with Crippen LogP contribution < -0.4 is 0 Å². The Morgan fingerprint density at radius 2 is 1.82 bits per heavy atom. The smallest absolute Gasteiger partial charge is 0.339 e. The predicted molar refractivity (Wildman–Crippen MR) is 138 cm³/mol. The largest absolute Gasteiger partial charge is 0.460 e. The lowest BCUT2D eigenvalue weighted by Crippen LogP contribution is -2.51. The van der Waals surface area contributed by atoms with Gasteiger partial charge in [-0.1, -0.05) is 88.7 Å². The van der Waals surface area contributed by atoms with Gasteiger partial charge in [0.1, 0.15) is 6.10 Å². The number of carbonyl (C=O) groups excluding carboxylic acids is 1. The maximum absolute atomic E-state index is 11.9. The molecule has 0 heterocycles. The van der Waals surface area contributed by atoms with E-state index in [2.05, 4.69) is 40.7 Å². The van der Waals surface area contributed by atoms with E-state index in [0.29, 0.717) is 5.41 Å². The summed E-state index contributed by atoms with van der Waals surface area (Å²) in [5.41, 5.74) is 2.34. The monoisotopic (exact) mass is 496 g/mol. The van der Waals surface area contributed by atoms with E-state index in [1.165, 1.54) is 56.9 Å². The predicted octanol–water partition coefficient (Wildman–Crippen LogP) is 8.74. The molecule has 3 fully saturated rings. The van der Waals surface area contributed by atoms with E-state index in [-0.39, 0.29) is 11.5 Å². The summed E-state index contributed by atoms with van der Waals surface area (Å²) >= 11 is 11.4. The number of ether oxygens (including phenoxy) is 1. The molecular weight excluding hydrogens is 451 g/mol. The first-order chi connectivity index (χ1) is 15.6. The normalized spacial score (nSPS) is 41.2. The lowest BCUT2D eigenvalue weighted by atomic mass is 9.47. The van der Waals surface area contributed by atoms with Crippen molar-refractivity contribution in [1.82, 2.24) is 0 Å². The Morgan fingerprint density at radius 3 is 2.52 bits per heavy atom. The van der Waals surface area contributed by atoms with Gasteiger partial charge in [-0.05, 0) is 91.3 Å². The fourth-order valence-electron chi connectivity index (χ4n) is 8.97. The molecule has 0 aromatic rings. The van der Waals surface area contributed by atoms with Crippen LogP contribution in [0.1, 0.15) is 105 Å². The van der Waals surface area contributed by atoms with Crippen molar-refractivity contribution in [3.63, 3.8) is 0 Å². The summed E-state index contributed by atoms with van der Waals surface area (Å²) in [4.78, 5) is 10.8. The minimum absolute atomic E-state index is 0.0650. The summed E-state index contributed by atoms with van der Waals surface area (Å²) < 4.78 is 5.61. The van der Waals surface area contributed by atoms with Crippen molar-refractivity contribution in [1.29, 1.82) is 0 Å². The number of halogens is 2. The average Bonchev–Trinajstić information content (AvgIpc) is 3.11. The standard InChI is InChI=1S/C29H46Cl2O2/c1-18(2)7-6-8-19(3)23-11-12-24-22-10-9-20-17-21(33-27(32)26(30)31)13-15-28(20,4)25(22)14-16-29(23,24)5/h9,18-19,21-26H,6-8,10-17H2,1-5H3/t19-,21+,22-,23+,24-,25-,28+,29+/m1/s1. The minimum Gasteiger partial charge on any atom is -0.460 e. The zero-order valence-electron chi connectivity index (χ0n) is 21.5. The third-order valence-electron chi connectivity index (χ3n) is 10.7. The van der Waals surface area contributed by atoms with Gasteiger partial charge in [-0.3, -0.25) is 0 Å². The Hall–Kier alpha value is -0.210. The van der Waals surface area contributed by atoms with Crippen LogP contribution in [-0.4, -0.2) is 16.9 Å². The minimum atomic E-state index is -1.08. The van der Waals surface area contributed by atoms with Crippen molar-refractivity contribution < 1.29 is 9.53 Å². The van der Waals surface area contributed by atoms with Gasteiger partial charge >= 0.3 is 5.97 Å². The Balaban J connectivity index is 1.45. The summed E-state index contributed by atoms with van der Waals surface area (Å²) in [6.07, 6.45) is 16.4. The highest BCUT2D eigenvalue weighted by atomic mass is 35.5. The zero-order valence-corrected chi connectivity index (χ0v) is 23.1. The number of hydrogen-bond donors (Lipinski definition) is 0.